The summed E-state index contributed by atoms with van der Waals surface area (Å²) < 4.78 is 32.3. The van der Waals surface area contributed by atoms with Crippen molar-refractivity contribution in [2.45, 2.75) is 6.61 Å². The Balaban J connectivity index is 2.11. The first kappa shape index (κ1) is 12.8. The predicted molar refractivity (Wildman–Crippen MR) is 69.2 cm³/mol. The number of benzene rings is 2. The Labute approximate surface area is 112 Å². The summed E-state index contributed by atoms with van der Waals surface area (Å²) in [6, 6.07) is 8.55. The van der Waals surface area contributed by atoms with Crippen LogP contribution in [0.25, 0.3) is 0 Å². The molecule has 5 heteroatoms. The quantitative estimate of drug-likeness (QED) is 0.873. The van der Waals surface area contributed by atoms with E-state index in [9.17, 15) is 8.78 Å². The number of nitrogens with two attached hydrogens (primary N) is 1. The Morgan fingerprint density at radius 2 is 1.89 bits per heavy atom. The summed E-state index contributed by atoms with van der Waals surface area (Å²) in [5, 5.41) is 0. The second-order valence-corrected chi connectivity index (χ2v) is 4.57. The van der Waals surface area contributed by atoms with Crippen LogP contribution in [-0.4, -0.2) is 0 Å². The van der Waals surface area contributed by atoms with E-state index in [1.807, 2.05) is 0 Å². The van der Waals surface area contributed by atoms with Gasteiger partial charge in [0.15, 0.2) is 0 Å². The van der Waals surface area contributed by atoms with Crippen LogP contribution in [0.4, 0.5) is 14.5 Å². The number of ether oxygens (including phenoxy) is 1. The fourth-order valence-electron chi connectivity index (χ4n) is 1.41. The molecule has 0 aliphatic carbocycles. The first-order valence-corrected chi connectivity index (χ1v) is 5.97. The van der Waals surface area contributed by atoms with Gasteiger partial charge in [0.25, 0.3) is 0 Å². The predicted octanol–water partition coefficient (Wildman–Crippen LogP) is 3.89. The lowest BCUT2D eigenvalue weighted by Gasteiger charge is -2.09. The number of nitrogen functional groups attached to an aromatic ring is 1. The van der Waals surface area contributed by atoms with Crippen molar-refractivity contribution in [1.82, 2.24) is 0 Å². The molecule has 0 unspecified atom stereocenters. The second kappa shape index (κ2) is 5.35. The number of halogens is 3. The van der Waals surface area contributed by atoms with E-state index in [-0.39, 0.29) is 12.3 Å². The van der Waals surface area contributed by atoms with Crippen LogP contribution in [0.5, 0.6) is 5.75 Å². The summed E-state index contributed by atoms with van der Waals surface area (Å²) >= 11 is 3.24. The average Bonchev–Trinajstić information content (AvgIpc) is 2.34. The maximum atomic E-state index is 13.2. The van der Waals surface area contributed by atoms with Crippen LogP contribution in [-0.2, 0) is 6.61 Å². The summed E-state index contributed by atoms with van der Waals surface area (Å²) in [6.07, 6.45) is 0. The van der Waals surface area contributed by atoms with E-state index >= 15 is 0 Å². The van der Waals surface area contributed by atoms with Gasteiger partial charge in [-0.25, -0.2) is 8.78 Å². The van der Waals surface area contributed by atoms with Gasteiger partial charge in [0.2, 0.25) is 0 Å². The molecule has 2 aromatic carbocycles. The van der Waals surface area contributed by atoms with Crippen molar-refractivity contribution in [2.75, 3.05) is 5.73 Å². The number of hydrogen-bond acceptors (Lipinski definition) is 2. The number of rotatable bonds is 3. The van der Waals surface area contributed by atoms with Gasteiger partial charge in [-0.3, -0.25) is 0 Å². The van der Waals surface area contributed by atoms with E-state index in [4.69, 9.17) is 10.5 Å². The molecule has 0 bridgehead atoms. The Morgan fingerprint density at radius 1 is 1.11 bits per heavy atom. The smallest absolute Gasteiger partial charge is 0.146 e. The van der Waals surface area contributed by atoms with E-state index < -0.39 is 11.6 Å². The van der Waals surface area contributed by atoms with Crippen molar-refractivity contribution in [1.29, 1.82) is 0 Å². The number of anilines is 1. The van der Waals surface area contributed by atoms with E-state index in [2.05, 4.69) is 15.9 Å². The molecule has 0 saturated carbocycles. The maximum Gasteiger partial charge on any atom is 0.146 e. The number of hydrogen-bond donors (Lipinski definition) is 1. The third-order valence-electron chi connectivity index (χ3n) is 2.35. The van der Waals surface area contributed by atoms with Gasteiger partial charge in [0.05, 0.1) is 10.2 Å². The lowest BCUT2D eigenvalue weighted by Crippen LogP contribution is -1.99. The van der Waals surface area contributed by atoms with Crippen LogP contribution in [0.1, 0.15) is 5.56 Å². The molecule has 0 aliphatic rings. The highest BCUT2D eigenvalue weighted by Crippen LogP contribution is 2.26. The molecular formula is C13H10BrF2NO. The minimum atomic E-state index is -0.491. The molecule has 2 nitrogen and oxygen atoms in total. The summed E-state index contributed by atoms with van der Waals surface area (Å²) in [5.74, 6) is -0.515. The summed E-state index contributed by atoms with van der Waals surface area (Å²) in [5.41, 5.74) is 6.08. The molecule has 0 heterocycles. The van der Waals surface area contributed by atoms with Crippen LogP contribution in [0, 0.1) is 11.6 Å². The van der Waals surface area contributed by atoms with Crippen LogP contribution in [0.15, 0.2) is 40.9 Å². The third kappa shape index (κ3) is 2.98. The highest BCUT2D eigenvalue weighted by Gasteiger charge is 2.05. The monoisotopic (exact) mass is 313 g/mol. The van der Waals surface area contributed by atoms with Crippen molar-refractivity contribution in [2.24, 2.45) is 0 Å². The van der Waals surface area contributed by atoms with Crippen molar-refractivity contribution >= 4 is 21.6 Å². The van der Waals surface area contributed by atoms with Gasteiger partial charge < -0.3 is 10.5 Å². The fraction of sp³-hybridized carbons (Fsp3) is 0.0769. The minimum absolute atomic E-state index is 0.0886. The molecule has 2 aromatic rings. The van der Waals surface area contributed by atoms with Gasteiger partial charge in [-0.1, -0.05) is 6.07 Å². The topological polar surface area (TPSA) is 35.2 Å². The first-order valence-electron chi connectivity index (χ1n) is 5.18. The Morgan fingerprint density at radius 3 is 2.61 bits per heavy atom. The standard InChI is InChI=1S/C13H10BrF2NO/c14-10-3-2-9(15)6-13(10)18-7-8-1-4-12(17)11(16)5-8/h1-6H,7,17H2. The van der Waals surface area contributed by atoms with Gasteiger partial charge in [-0.05, 0) is 45.8 Å². The first-order chi connectivity index (χ1) is 8.56. The molecule has 0 atom stereocenters. The molecule has 0 aliphatic heterocycles. The van der Waals surface area contributed by atoms with Crippen molar-refractivity contribution in [3.63, 3.8) is 0 Å². The van der Waals surface area contributed by atoms with E-state index in [1.54, 1.807) is 12.1 Å². The molecule has 0 fully saturated rings. The Bertz CT molecular complexity index is 575. The zero-order valence-corrected chi connectivity index (χ0v) is 10.9. The average molecular weight is 314 g/mol. The Hall–Kier alpha value is -1.62. The molecular weight excluding hydrogens is 304 g/mol. The van der Waals surface area contributed by atoms with Crippen molar-refractivity contribution in [3.8, 4) is 5.75 Å². The third-order valence-corrected chi connectivity index (χ3v) is 3.01. The van der Waals surface area contributed by atoms with Gasteiger partial charge in [-0.2, -0.15) is 0 Å². The zero-order chi connectivity index (χ0) is 13.1. The molecule has 0 spiro atoms. The van der Waals surface area contributed by atoms with Crippen molar-refractivity contribution < 1.29 is 13.5 Å². The van der Waals surface area contributed by atoms with Gasteiger partial charge in [-0.15, -0.1) is 0 Å². The highest BCUT2D eigenvalue weighted by molar-refractivity contribution is 9.10. The molecule has 94 valence electrons. The summed E-state index contributed by atoms with van der Waals surface area (Å²) in [4.78, 5) is 0. The normalized spacial score (nSPS) is 10.4. The van der Waals surface area contributed by atoms with Gasteiger partial charge in [0.1, 0.15) is 24.0 Å². The maximum absolute atomic E-state index is 13.2. The highest BCUT2D eigenvalue weighted by atomic mass is 79.9. The molecule has 0 amide bonds. The summed E-state index contributed by atoms with van der Waals surface area (Å²) in [6.45, 7) is 0.138. The van der Waals surface area contributed by atoms with Gasteiger partial charge >= 0.3 is 0 Å². The zero-order valence-electron chi connectivity index (χ0n) is 9.29. The van der Waals surface area contributed by atoms with E-state index in [1.165, 1.54) is 24.3 Å². The molecule has 18 heavy (non-hydrogen) atoms. The lowest BCUT2D eigenvalue weighted by molar-refractivity contribution is 0.302. The molecule has 2 N–H and O–H groups in total. The largest absolute Gasteiger partial charge is 0.488 e. The molecule has 0 aromatic heterocycles. The molecule has 0 radical (unpaired) electrons. The van der Waals surface area contributed by atoms with Crippen LogP contribution >= 0.6 is 15.9 Å². The molecule has 2 rings (SSSR count). The van der Waals surface area contributed by atoms with Crippen LogP contribution in [0.3, 0.4) is 0 Å². The fourth-order valence-corrected chi connectivity index (χ4v) is 1.77. The van der Waals surface area contributed by atoms with Crippen LogP contribution in [0.2, 0.25) is 0 Å². The Kier molecular flexibility index (Phi) is 3.81. The van der Waals surface area contributed by atoms with E-state index in [0.717, 1.165) is 0 Å². The van der Waals surface area contributed by atoms with Crippen LogP contribution < -0.4 is 10.5 Å². The SMILES string of the molecule is Nc1ccc(COc2cc(F)ccc2Br)cc1F. The summed E-state index contributed by atoms with van der Waals surface area (Å²) in [7, 11) is 0. The van der Waals surface area contributed by atoms with E-state index in [0.29, 0.717) is 15.8 Å². The van der Waals surface area contributed by atoms with Gasteiger partial charge in [0, 0.05) is 6.07 Å². The second-order valence-electron chi connectivity index (χ2n) is 3.72. The van der Waals surface area contributed by atoms with Crippen molar-refractivity contribution in [3.05, 3.63) is 58.1 Å². The minimum Gasteiger partial charge on any atom is -0.488 e. The molecule has 0 saturated heterocycles. The lowest BCUT2D eigenvalue weighted by atomic mass is 10.2.